The van der Waals surface area contributed by atoms with E-state index in [2.05, 4.69) is 15.5 Å². The third-order valence-electron chi connectivity index (χ3n) is 4.34. The van der Waals surface area contributed by atoms with E-state index >= 15 is 0 Å². The molecule has 1 aromatic heterocycles. The number of nitrogens with zero attached hydrogens (tertiary/aromatic N) is 3. The molecular formula is C15H23N5O4. The zero-order chi connectivity index (χ0) is 17.0. The molecule has 1 unspecified atom stereocenters. The number of ether oxygens (including phenoxy) is 2. The van der Waals surface area contributed by atoms with Gasteiger partial charge in [0.2, 0.25) is 5.91 Å². The quantitative estimate of drug-likeness (QED) is 0.711. The zero-order valence-electron chi connectivity index (χ0n) is 13.8. The van der Waals surface area contributed by atoms with E-state index in [1.807, 2.05) is 4.90 Å². The Morgan fingerprint density at radius 2 is 2.25 bits per heavy atom. The van der Waals surface area contributed by atoms with Gasteiger partial charge in [-0.3, -0.25) is 19.6 Å². The summed E-state index contributed by atoms with van der Waals surface area (Å²) in [7, 11) is 1.62. The number of hydrogen-bond acceptors (Lipinski definition) is 6. The van der Waals surface area contributed by atoms with Crippen LogP contribution < -0.4 is 5.32 Å². The molecule has 2 fully saturated rings. The Morgan fingerprint density at radius 3 is 3.00 bits per heavy atom. The van der Waals surface area contributed by atoms with Crippen LogP contribution in [0.2, 0.25) is 0 Å². The number of H-pyrrole nitrogens is 1. The SMILES string of the molecule is CNC(=O)CN1CCOCC2(C1)CN(C(=O)c1ccn[nH]1)CCO2. The van der Waals surface area contributed by atoms with E-state index in [1.165, 1.54) is 0 Å². The maximum Gasteiger partial charge on any atom is 0.272 e. The number of likely N-dealkylation sites (N-methyl/N-ethyl adjacent to an activating group) is 1. The standard InChI is InChI=1S/C15H23N5O4/c1-16-13(21)8-19-4-6-23-11-15(9-19)10-20(5-7-24-15)14(22)12-2-3-17-18-12/h2-3H,4-11H2,1H3,(H,16,21)(H,17,18). The minimum atomic E-state index is -0.613. The second kappa shape index (κ2) is 7.29. The van der Waals surface area contributed by atoms with Crippen molar-refractivity contribution in [2.24, 2.45) is 0 Å². The number of rotatable bonds is 3. The summed E-state index contributed by atoms with van der Waals surface area (Å²) >= 11 is 0. The Labute approximate surface area is 140 Å². The molecule has 2 amide bonds. The summed E-state index contributed by atoms with van der Waals surface area (Å²) in [6, 6.07) is 1.66. The molecule has 1 spiro atoms. The fourth-order valence-corrected chi connectivity index (χ4v) is 3.15. The van der Waals surface area contributed by atoms with E-state index in [0.29, 0.717) is 58.2 Å². The van der Waals surface area contributed by atoms with Crippen molar-refractivity contribution in [2.45, 2.75) is 5.60 Å². The third kappa shape index (κ3) is 3.74. The first-order valence-corrected chi connectivity index (χ1v) is 8.05. The average Bonchev–Trinajstić information content (AvgIpc) is 3.06. The van der Waals surface area contributed by atoms with Crippen LogP contribution in [-0.2, 0) is 14.3 Å². The monoisotopic (exact) mass is 337 g/mol. The number of aromatic amines is 1. The molecule has 132 valence electrons. The van der Waals surface area contributed by atoms with Gasteiger partial charge in [-0.1, -0.05) is 0 Å². The molecule has 0 aliphatic carbocycles. The van der Waals surface area contributed by atoms with Crippen LogP contribution >= 0.6 is 0 Å². The van der Waals surface area contributed by atoms with E-state index in [4.69, 9.17) is 9.47 Å². The summed E-state index contributed by atoms with van der Waals surface area (Å²) in [6.07, 6.45) is 1.56. The number of hydrogen-bond donors (Lipinski definition) is 2. The number of nitrogens with one attached hydrogen (secondary N) is 2. The molecule has 9 nitrogen and oxygen atoms in total. The van der Waals surface area contributed by atoms with Crippen molar-refractivity contribution in [3.63, 3.8) is 0 Å². The predicted molar refractivity (Wildman–Crippen MR) is 84.5 cm³/mol. The van der Waals surface area contributed by atoms with E-state index in [-0.39, 0.29) is 11.8 Å². The molecule has 0 radical (unpaired) electrons. The number of morpholine rings is 1. The smallest absolute Gasteiger partial charge is 0.272 e. The van der Waals surface area contributed by atoms with E-state index in [9.17, 15) is 9.59 Å². The highest BCUT2D eigenvalue weighted by molar-refractivity contribution is 5.92. The second-order valence-electron chi connectivity index (χ2n) is 6.16. The fourth-order valence-electron chi connectivity index (χ4n) is 3.15. The minimum Gasteiger partial charge on any atom is -0.377 e. The van der Waals surface area contributed by atoms with Gasteiger partial charge in [-0.15, -0.1) is 0 Å². The molecule has 0 aromatic carbocycles. The lowest BCUT2D eigenvalue weighted by atomic mass is 10.0. The van der Waals surface area contributed by atoms with Gasteiger partial charge >= 0.3 is 0 Å². The summed E-state index contributed by atoms with van der Waals surface area (Å²) in [5.41, 5.74) is -0.151. The van der Waals surface area contributed by atoms with Gasteiger partial charge < -0.3 is 19.7 Å². The number of amides is 2. The van der Waals surface area contributed by atoms with E-state index < -0.39 is 5.60 Å². The van der Waals surface area contributed by atoms with Gasteiger partial charge in [-0.25, -0.2) is 0 Å². The van der Waals surface area contributed by atoms with Gasteiger partial charge in [0.25, 0.3) is 5.91 Å². The molecule has 3 rings (SSSR count). The normalized spacial score (nSPS) is 25.5. The molecule has 2 aliphatic heterocycles. The fraction of sp³-hybridized carbons (Fsp3) is 0.667. The highest BCUT2D eigenvalue weighted by Gasteiger charge is 2.42. The van der Waals surface area contributed by atoms with Crippen LogP contribution in [0.1, 0.15) is 10.5 Å². The number of aromatic nitrogens is 2. The summed E-state index contributed by atoms with van der Waals surface area (Å²) in [5, 5.41) is 9.17. The van der Waals surface area contributed by atoms with Gasteiger partial charge in [0.1, 0.15) is 11.3 Å². The molecule has 9 heteroatoms. The molecule has 2 aliphatic rings. The maximum absolute atomic E-state index is 12.6. The molecule has 2 N–H and O–H groups in total. The lowest BCUT2D eigenvalue weighted by Crippen LogP contribution is -2.60. The Kier molecular flexibility index (Phi) is 5.12. The summed E-state index contributed by atoms with van der Waals surface area (Å²) in [4.78, 5) is 28.0. The van der Waals surface area contributed by atoms with Crippen LogP contribution in [0.25, 0.3) is 0 Å². The van der Waals surface area contributed by atoms with E-state index in [1.54, 1.807) is 24.2 Å². The van der Waals surface area contributed by atoms with Crippen molar-refractivity contribution in [2.75, 3.05) is 59.6 Å². The van der Waals surface area contributed by atoms with Crippen LogP contribution in [-0.4, -0.2) is 97.0 Å². The van der Waals surface area contributed by atoms with Crippen molar-refractivity contribution in [1.82, 2.24) is 25.3 Å². The maximum atomic E-state index is 12.6. The molecular weight excluding hydrogens is 314 g/mol. The molecule has 24 heavy (non-hydrogen) atoms. The average molecular weight is 337 g/mol. The van der Waals surface area contributed by atoms with Gasteiger partial charge in [-0.2, -0.15) is 5.10 Å². The Morgan fingerprint density at radius 1 is 1.38 bits per heavy atom. The molecule has 1 aromatic rings. The van der Waals surface area contributed by atoms with Crippen LogP contribution in [0.15, 0.2) is 12.3 Å². The van der Waals surface area contributed by atoms with Crippen molar-refractivity contribution in [3.05, 3.63) is 18.0 Å². The van der Waals surface area contributed by atoms with Crippen LogP contribution in [0.3, 0.4) is 0 Å². The largest absolute Gasteiger partial charge is 0.377 e. The summed E-state index contributed by atoms with van der Waals surface area (Å²) in [6.45, 7) is 3.83. The van der Waals surface area contributed by atoms with Crippen molar-refractivity contribution in [3.8, 4) is 0 Å². The van der Waals surface area contributed by atoms with Gasteiger partial charge in [0, 0.05) is 32.9 Å². The third-order valence-corrected chi connectivity index (χ3v) is 4.34. The molecule has 0 saturated carbocycles. The lowest BCUT2D eigenvalue weighted by molar-refractivity contribution is -0.136. The first-order valence-electron chi connectivity index (χ1n) is 8.05. The van der Waals surface area contributed by atoms with E-state index in [0.717, 1.165) is 0 Å². The van der Waals surface area contributed by atoms with Crippen LogP contribution in [0.5, 0.6) is 0 Å². The first-order chi connectivity index (χ1) is 11.6. The molecule has 0 bridgehead atoms. The molecule has 3 heterocycles. The van der Waals surface area contributed by atoms with Gasteiger partial charge in [0.05, 0.1) is 32.9 Å². The Balaban J connectivity index is 1.70. The number of carbonyl (C=O) groups excluding carboxylic acids is 2. The van der Waals surface area contributed by atoms with Crippen LogP contribution in [0, 0.1) is 0 Å². The second-order valence-corrected chi connectivity index (χ2v) is 6.16. The summed E-state index contributed by atoms with van der Waals surface area (Å²) < 4.78 is 11.7. The van der Waals surface area contributed by atoms with Crippen molar-refractivity contribution >= 4 is 11.8 Å². The zero-order valence-corrected chi connectivity index (χ0v) is 13.8. The Bertz CT molecular complexity index is 578. The highest BCUT2D eigenvalue weighted by Crippen LogP contribution is 2.23. The van der Waals surface area contributed by atoms with Crippen molar-refractivity contribution in [1.29, 1.82) is 0 Å². The first kappa shape index (κ1) is 16.9. The van der Waals surface area contributed by atoms with Gasteiger partial charge in [-0.05, 0) is 6.07 Å². The van der Waals surface area contributed by atoms with Crippen molar-refractivity contribution < 1.29 is 19.1 Å². The summed E-state index contributed by atoms with van der Waals surface area (Å²) in [5.74, 6) is -0.148. The molecule has 1 atom stereocenters. The predicted octanol–water partition coefficient (Wildman–Crippen LogP) is -1.30. The highest BCUT2D eigenvalue weighted by atomic mass is 16.5. The lowest BCUT2D eigenvalue weighted by Gasteiger charge is -2.43. The molecule has 2 saturated heterocycles. The minimum absolute atomic E-state index is 0.0479. The Hall–Kier alpha value is -1.97. The van der Waals surface area contributed by atoms with Crippen LogP contribution in [0.4, 0.5) is 0 Å². The topological polar surface area (TPSA) is 99.8 Å². The van der Waals surface area contributed by atoms with Gasteiger partial charge in [0.15, 0.2) is 0 Å². The number of carbonyl (C=O) groups is 2.